The molecule has 0 atom stereocenters. The average Bonchev–Trinajstić information content (AvgIpc) is 2.51. The lowest BCUT2D eigenvalue weighted by atomic mass is 10.2. The molecule has 2 rings (SSSR count). The molecule has 3 N–H and O–H groups in total. The fourth-order valence-corrected chi connectivity index (χ4v) is 2.20. The van der Waals surface area contributed by atoms with Crippen LogP contribution in [0.15, 0.2) is 29.1 Å². The van der Waals surface area contributed by atoms with E-state index in [1.165, 1.54) is 0 Å². The van der Waals surface area contributed by atoms with Crippen LogP contribution in [0.5, 0.6) is 5.75 Å². The molecular weight excluding hydrogens is 282 g/mol. The maximum absolute atomic E-state index is 12.0. The summed E-state index contributed by atoms with van der Waals surface area (Å²) in [6.07, 6.45) is 1.22. The molecule has 22 heavy (non-hydrogen) atoms. The Morgan fingerprint density at radius 3 is 2.64 bits per heavy atom. The van der Waals surface area contributed by atoms with Gasteiger partial charge in [0.1, 0.15) is 11.6 Å². The molecule has 0 radical (unpaired) electrons. The SMILES string of the molecule is CCc1nc(C)c(CCOc2ccc(CNO)cc2)c(=O)[nH]1. The van der Waals surface area contributed by atoms with Gasteiger partial charge >= 0.3 is 0 Å². The lowest BCUT2D eigenvalue weighted by Gasteiger charge is -2.09. The molecule has 0 spiro atoms. The quantitative estimate of drug-likeness (QED) is 0.678. The van der Waals surface area contributed by atoms with Crippen molar-refractivity contribution >= 4 is 0 Å². The Hall–Kier alpha value is -2.18. The number of nitrogens with one attached hydrogen (secondary N) is 2. The number of benzene rings is 1. The molecule has 0 saturated carbocycles. The van der Waals surface area contributed by atoms with Crippen LogP contribution >= 0.6 is 0 Å². The molecule has 0 bridgehead atoms. The number of aromatic nitrogens is 2. The van der Waals surface area contributed by atoms with Crippen LogP contribution in [0.25, 0.3) is 0 Å². The third-order valence-electron chi connectivity index (χ3n) is 3.43. The summed E-state index contributed by atoms with van der Waals surface area (Å²) in [5, 5.41) is 8.63. The molecule has 118 valence electrons. The van der Waals surface area contributed by atoms with Gasteiger partial charge in [0.05, 0.1) is 6.61 Å². The van der Waals surface area contributed by atoms with Crippen LogP contribution in [0.2, 0.25) is 0 Å². The topological polar surface area (TPSA) is 87.2 Å². The van der Waals surface area contributed by atoms with Crippen LogP contribution in [-0.2, 0) is 19.4 Å². The highest BCUT2D eigenvalue weighted by molar-refractivity contribution is 5.27. The van der Waals surface area contributed by atoms with E-state index in [2.05, 4.69) is 15.4 Å². The lowest BCUT2D eigenvalue weighted by molar-refractivity contribution is 0.161. The zero-order valence-electron chi connectivity index (χ0n) is 12.8. The second-order valence-corrected chi connectivity index (χ2v) is 5.01. The van der Waals surface area contributed by atoms with Crippen molar-refractivity contribution in [2.24, 2.45) is 0 Å². The maximum Gasteiger partial charge on any atom is 0.254 e. The number of hydroxylamine groups is 1. The summed E-state index contributed by atoms with van der Waals surface area (Å²) in [5.74, 6) is 1.44. The first kappa shape index (κ1) is 16.2. The molecule has 0 fully saturated rings. The summed E-state index contributed by atoms with van der Waals surface area (Å²) in [6.45, 7) is 4.61. The molecule has 0 unspecified atom stereocenters. The Bertz CT molecular complexity index is 665. The second-order valence-electron chi connectivity index (χ2n) is 5.01. The van der Waals surface area contributed by atoms with E-state index in [9.17, 15) is 4.79 Å². The van der Waals surface area contributed by atoms with Crippen LogP contribution in [0.3, 0.4) is 0 Å². The average molecular weight is 303 g/mol. The van der Waals surface area contributed by atoms with Gasteiger partial charge in [-0.25, -0.2) is 10.5 Å². The molecule has 0 aliphatic heterocycles. The standard InChI is InChI=1S/C16H21N3O3/c1-3-15-18-11(2)14(16(20)19-15)8-9-22-13-6-4-12(5-7-13)10-17-21/h4-7,17,21H,3,8-10H2,1-2H3,(H,18,19,20). The minimum absolute atomic E-state index is 0.0858. The molecular formula is C16H21N3O3. The van der Waals surface area contributed by atoms with Gasteiger partial charge in [-0.15, -0.1) is 0 Å². The minimum atomic E-state index is -0.0858. The van der Waals surface area contributed by atoms with Crippen molar-refractivity contribution in [1.29, 1.82) is 0 Å². The number of aryl methyl sites for hydroxylation is 2. The number of rotatable bonds is 7. The molecule has 0 saturated heterocycles. The van der Waals surface area contributed by atoms with E-state index in [4.69, 9.17) is 9.94 Å². The second kappa shape index (κ2) is 7.72. The summed E-state index contributed by atoms with van der Waals surface area (Å²) in [7, 11) is 0. The van der Waals surface area contributed by atoms with Crippen molar-refractivity contribution in [3.05, 3.63) is 57.3 Å². The van der Waals surface area contributed by atoms with E-state index in [1.807, 2.05) is 38.1 Å². The third kappa shape index (κ3) is 4.16. The molecule has 6 nitrogen and oxygen atoms in total. The Balaban J connectivity index is 1.95. The number of hydrogen-bond donors (Lipinski definition) is 3. The molecule has 6 heteroatoms. The highest BCUT2D eigenvalue weighted by Gasteiger charge is 2.07. The first-order valence-corrected chi connectivity index (χ1v) is 7.31. The Morgan fingerprint density at radius 1 is 1.32 bits per heavy atom. The number of ether oxygens (including phenoxy) is 1. The van der Waals surface area contributed by atoms with Gasteiger partial charge in [-0.2, -0.15) is 0 Å². The zero-order valence-corrected chi connectivity index (χ0v) is 12.8. The summed E-state index contributed by atoms with van der Waals surface area (Å²) in [6, 6.07) is 7.41. The fraction of sp³-hybridized carbons (Fsp3) is 0.375. The van der Waals surface area contributed by atoms with E-state index in [-0.39, 0.29) is 5.56 Å². The first-order chi connectivity index (χ1) is 10.6. The summed E-state index contributed by atoms with van der Waals surface area (Å²) < 4.78 is 5.65. The van der Waals surface area contributed by atoms with Gasteiger partial charge in [0.25, 0.3) is 5.56 Å². The smallest absolute Gasteiger partial charge is 0.254 e. The van der Waals surface area contributed by atoms with Crippen LogP contribution in [0, 0.1) is 6.92 Å². The molecule has 0 aliphatic rings. The van der Waals surface area contributed by atoms with Crippen molar-refractivity contribution in [3.63, 3.8) is 0 Å². The van der Waals surface area contributed by atoms with Crippen LogP contribution in [-0.4, -0.2) is 21.8 Å². The van der Waals surface area contributed by atoms with Crippen molar-refractivity contribution in [2.45, 2.75) is 33.2 Å². The molecule has 2 aromatic rings. The van der Waals surface area contributed by atoms with Gasteiger partial charge < -0.3 is 14.9 Å². The number of aromatic amines is 1. The molecule has 1 heterocycles. The van der Waals surface area contributed by atoms with Crippen molar-refractivity contribution in [2.75, 3.05) is 6.61 Å². The molecule has 0 amide bonds. The Labute approximate surface area is 129 Å². The van der Waals surface area contributed by atoms with E-state index in [0.717, 1.165) is 17.0 Å². The van der Waals surface area contributed by atoms with Gasteiger partial charge in [0.2, 0.25) is 0 Å². The highest BCUT2D eigenvalue weighted by Crippen LogP contribution is 2.12. The molecule has 1 aromatic heterocycles. The number of nitrogens with zero attached hydrogens (tertiary/aromatic N) is 1. The van der Waals surface area contributed by atoms with Crippen molar-refractivity contribution in [1.82, 2.24) is 15.4 Å². The fourth-order valence-electron chi connectivity index (χ4n) is 2.20. The lowest BCUT2D eigenvalue weighted by Crippen LogP contribution is -2.20. The summed E-state index contributed by atoms with van der Waals surface area (Å²) in [5.41, 5.74) is 4.40. The Kier molecular flexibility index (Phi) is 5.68. The highest BCUT2D eigenvalue weighted by atomic mass is 16.5. The maximum atomic E-state index is 12.0. The van der Waals surface area contributed by atoms with Gasteiger partial charge in [0, 0.05) is 30.6 Å². The van der Waals surface area contributed by atoms with E-state index in [1.54, 1.807) is 0 Å². The van der Waals surface area contributed by atoms with Crippen LogP contribution in [0.4, 0.5) is 0 Å². The van der Waals surface area contributed by atoms with Gasteiger partial charge in [-0.05, 0) is 24.6 Å². The van der Waals surface area contributed by atoms with Crippen LogP contribution in [0.1, 0.15) is 29.6 Å². The van der Waals surface area contributed by atoms with Crippen molar-refractivity contribution in [3.8, 4) is 5.75 Å². The van der Waals surface area contributed by atoms with Gasteiger partial charge in [-0.1, -0.05) is 19.1 Å². The number of hydrogen-bond acceptors (Lipinski definition) is 5. The zero-order chi connectivity index (χ0) is 15.9. The summed E-state index contributed by atoms with van der Waals surface area (Å²) in [4.78, 5) is 19.1. The largest absolute Gasteiger partial charge is 0.493 e. The first-order valence-electron chi connectivity index (χ1n) is 7.31. The Morgan fingerprint density at radius 2 is 2.05 bits per heavy atom. The predicted octanol–water partition coefficient (Wildman–Crippen LogP) is 1.74. The summed E-state index contributed by atoms with van der Waals surface area (Å²) >= 11 is 0. The van der Waals surface area contributed by atoms with E-state index in [0.29, 0.717) is 37.4 Å². The third-order valence-corrected chi connectivity index (χ3v) is 3.43. The monoisotopic (exact) mass is 303 g/mol. The van der Waals surface area contributed by atoms with Crippen molar-refractivity contribution < 1.29 is 9.94 Å². The van der Waals surface area contributed by atoms with E-state index >= 15 is 0 Å². The molecule has 1 aromatic carbocycles. The number of H-pyrrole nitrogens is 1. The molecule has 0 aliphatic carbocycles. The predicted molar refractivity (Wildman–Crippen MR) is 83.2 cm³/mol. The minimum Gasteiger partial charge on any atom is -0.493 e. The van der Waals surface area contributed by atoms with Gasteiger partial charge in [-0.3, -0.25) is 4.79 Å². The van der Waals surface area contributed by atoms with Gasteiger partial charge in [0.15, 0.2) is 0 Å². The normalized spacial score (nSPS) is 10.7. The van der Waals surface area contributed by atoms with E-state index < -0.39 is 0 Å². The van der Waals surface area contributed by atoms with Crippen LogP contribution < -0.4 is 15.8 Å².